The number of nitrogens with one attached hydrogen (secondary N) is 3. The molecule has 2 aliphatic heterocycles. The first kappa shape index (κ1) is 61.4. The number of carbonyl (C=O) groups is 3. The van der Waals surface area contributed by atoms with E-state index in [1.54, 1.807) is 0 Å². The molecule has 6 aromatic carbocycles. The van der Waals surface area contributed by atoms with Crippen LogP contribution in [0, 0.1) is 0 Å². The van der Waals surface area contributed by atoms with E-state index in [4.69, 9.17) is 47.2 Å². The molecule has 8 rings (SSSR count). The summed E-state index contributed by atoms with van der Waals surface area (Å²) in [6.45, 7) is 3.17. The summed E-state index contributed by atoms with van der Waals surface area (Å²) in [5, 5.41) is 8.69. The smallest absolute Gasteiger partial charge is 0.407 e. The van der Waals surface area contributed by atoms with Gasteiger partial charge in [0.25, 0.3) is 0 Å². The van der Waals surface area contributed by atoms with Gasteiger partial charge in [-0.1, -0.05) is 182 Å². The van der Waals surface area contributed by atoms with E-state index in [1.165, 1.54) is 13.8 Å². The van der Waals surface area contributed by atoms with Crippen molar-refractivity contribution < 1.29 is 71.0 Å². The number of ether oxygens (including phenoxy) is 9. The van der Waals surface area contributed by atoms with Gasteiger partial charge in [0.1, 0.15) is 49.3 Å². The summed E-state index contributed by atoms with van der Waals surface area (Å²) in [6, 6.07) is 54.9. The predicted octanol–water partition coefficient (Wildman–Crippen LogP) is 8.58. The molecule has 82 heavy (non-hydrogen) atoms. The first-order valence-electron chi connectivity index (χ1n) is 27.6. The second-order valence-electron chi connectivity index (χ2n) is 20.1. The SMILES string of the molecule is CC(=O)N[C@@H]1[C@H](OCCCNC(=O)OCc2ccccc2)O[C@H](COP(=O)(O)C[C@H]2O[C@H](COCc3ccccc3)[C@@H](OCc3ccccc3)[C@H](OCc3ccccc3)[C@@H]2NC(C)=O)[C@@H](OCc2ccccc2)[C@@H]1OCc1ccccc1. The van der Waals surface area contributed by atoms with Crippen molar-refractivity contribution >= 4 is 25.5 Å². The molecule has 0 radical (unpaired) electrons. The third kappa shape index (κ3) is 19.8. The summed E-state index contributed by atoms with van der Waals surface area (Å²) in [6.07, 6.45) is -9.14. The van der Waals surface area contributed by atoms with E-state index in [0.29, 0.717) is 6.42 Å². The van der Waals surface area contributed by atoms with Crippen LogP contribution >= 0.6 is 7.60 Å². The fourth-order valence-corrected chi connectivity index (χ4v) is 11.0. The molecule has 18 nitrogen and oxygen atoms in total. The van der Waals surface area contributed by atoms with Gasteiger partial charge < -0.3 is 68.0 Å². The Morgan fingerprint density at radius 3 is 1.32 bits per heavy atom. The second-order valence-corrected chi connectivity index (χ2v) is 22.0. The standard InChI is InChI=1S/C63H74N3O15P/c1-45(67)65-56-55(80-53(42-72-36-47-22-9-3-10-23-47)58(74-37-48-24-11-4-12-25-48)60(56)76-39-50-28-15-6-16-29-50)44-82(70,71)79-43-54-59(75-38-49-26-13-5-14-27-49)61(77-40-51-30-17-7-18-31-51)57(66-46(2)68)62(81-54)73-35-21-34-64-63(69)78-41-52-32-19-8-20-33-52/h3-20,22-33,53-62H,21,34-44H2,1-2H3,(H,64,69)(H,65,67)(H,66,68)(H,70,71)/t53-,54-,55-,56-,57+,58-,59-,60-,61-,62-/m1/s1. The molecule has 1 unspecified atom stereocenters. The van der Waals surface area contributed by atoms with Gasteiger partial charge in [-0.25, -0.2) is 4.79 Å². The number of carbonyl (C=O) groups excluding carboxylic acids is 3. The molecule has 436 valence electrons. The number of benzene rings is 6. The maximum atomic E-state index is 14.9. The van der Waals surface area contributed by atoms with Crippen LogP contribution in [0.3, 0.4) is 0 Å². The van der Waals surface area contributed by atoms with E-state index in [1.807, 2.05) is 182 Å². The summed E-state index contributed by atoms with van der Waals surface area (Å²) in [5.41, 5.74) is 5.14. The Balaban J connectivity index is 1.05. The Morgan fingerprint density at radius 1 is 0.476 bits per heavy atom. The van der Waals surface area contributed by atoms with E-state index in [-0.39, 0.29) is 59.4 Å². The van der Waals surface area contributed by atoms with Crippen molar-refractivity contribution in [2.24, 2.45) is 0 Å². The molecule has 0 aliphatic carbocycles. The maximum Gasteiger partial charge on any atom is 0.407 e. The molecule has 2 aliphatic rings. The van der Waals surface area contributed by atoms with Crippen LogP contribution in [0.5, 0.6) is 0 Å². The molecule has 0 saturated carbocycles. The third-order valence-electron chi connectivity index (χ3n) is 13.7. The van der Waals surface area contributed by atoms with Gasteiger partial charge in [0.2, 0.25) is 11.8 Å². The molecule has 0 bridgehead atoms. The minimum Gasteiger partial charge on any atom is -0.445 e. The number of amides is 3. The lowest BCUT2D eigenvalue weighted by molar-refractivity contribution is -0.287. The van der Waals surface area contributed by atoms with Crippen LogP contribution in [0.1, 0.15) is 53.6 Å². The van der Waals surface area contributed by atoms with E-state index in [2.05, 4.69) is 16.0 Å². The van der Waals surface area contributed by atoms with Crippen LogP contribution in [0.25, 0.3) is 0 Å². The Hall–Kier alpha value is -6.64. The molecule has 3 amide bonds. The van der Waals surface area contributed by atoms with Crippen LogP contribution in [-0.2, 0) is 101 Å². The highest BCUT2D eigenvalue weighted by molar-refractivity contribution is 7.52. The molecule has 19 heteroatoms. The third-order valence-corrected chi connectivity index (χ3v) is 15.0. The molecule has 0 aromatic heterocycles. The Bertz CT molecular complexity index is 2870. The molecule has 2 saturated heterocycles. The first-order valence-corrected chi connectivity index (χ1v) is 29.3. The van der Waals surface area contributed by atoms with E-state index < -0.39 is 99.4 Å². The zero-order valence-electron chi connectivity index (χ0n) is 46.2. The Kier molecular flexibility index (Phi) is 24.2. The highest BCUT2D eigenvalue weighted by Gasteiger charge is 2.52. The quantitative estimate of drug-likeness (QED) is 0.0245. The molecular weight excluding hydrogens is 1070 g/mol. The highest BCUT2D eigenvalue weighted by atomic mass is 31.2. The van der Waals surface area contributed by atoms with Gasteiger partial charge in [-0.2, -0.15) is 0 Å². The minimum atomic E-state index is -4.76. The van der Waals surface area contributed by atoms with Gasteiger partial charge in [0.05, 0.1) is 71.2 Å². The molecule has 0 spiro atoms. The molecule has 11 atom stereocenters. The Labute approximate surface area is 479 Å². The van der Waals surface area contributed by atoms with Crippen LogP contribution in [0.4, 0.5) is 4.79 Å². The molecular formula is C63H74N3O15P. The lowest BCUT2D eigenvalue weighted by Gasteiger charge is -2.47. The summed E-state index contributed by atoms with van der Waals surface area (Å²) >= 11 is 0. The van der Waals surface area contributed by atoms with Gasteiger partial charge in [-0.15, -0.1) is 0 Å². The average molecular weight is 1140 g/mol. The van der Waals surface area contributed by atoms with E-state index in [9.17, 15) is 23.8 Å². The van der Waals surface area contributed by atoms with Gasteiger partial charge in [-0.05, 0) is 39.8 Å². The number of hydrogen-bond acceptors (Lipinski definition) is 14. The minimum absolute atomic E-state index is 0.00853. The molecule has 4 N–H and O–H groups in total. The van der Waals surface area contributed by atoms with Crippen LogP contribution in [-0.4, -0.2) is 116 Å². The Morgan fingerprint density at radius 2 is 0.866 bits per heavy atom. The van der Waals surface area contributed by atoms with Crippen molar-refractivity contribution in [2.75, 3.05) is 32.5 Å². The lowest BCUT2D eigenvalue weighted by atomic mass is 9.92. The van der Waals surface area contributed by atoms with Gasteiger partial charge in [0.15, 0.2) is 6.29 Å². The first-order chi connectivity index (χ1) is 40.0. The zero-order chi connectivity index (χ0) is 57.4. The van der Waals surface area contributed by atoms with Gasteiger partial charge in [0, 0.05) is 20.4 Å². The van der Waals surface area contributed by atoms with Crippen molar-refractivity contribution in [3.63, 3.8) is 0 Å². The number of rotatable bonds is 30. The summed E-state index contributed by atoms with van der Waals surface area (Å²) in [7, 11) is -4.76. The number of alkyl carbamates (subject to hydrolysis) is 1. The lowest BCUT2D eigenvalue weighted by Crippen LogP contribution is -2.66. The highest BCUT2D eigenvalue weighted by Crippen LogP contribution is 2.46. The van der Waals surface area contributed by atoms with Crippen molar-refractivity contribution in [3.05, 3.63) is 215 Å². The molecule has 2 fully saturated rings. The largest absolute Gasteiger partial charge is 0.445 e. The summed E-state index contributed by atoms with van der Waals surface area (Å²) < 4.78 is 79.4. The monoisotopic (exact) mass is 1140 g/mol. The van der Waals surface area contributed by atoms with Gasteiger partial charge >= 0.3 is 13.7 Å². The van der Waals surface area contributed by atoms with Crippen LogP contribution in [0.15, 0.2) is 182 Å². The average Bonchev–Trinajstić information content (AvgIpc) is 3.66. The zero-order valence-corrected chi connectivity index (χ0v) is 47.1. The molecule has 6 aromatic rings. The van der Waals surface area contributed by atoms with E-state index in [0.717, 1.165) is 33.4 Å². The van der Waals surface area contributed by atoms with Crippen molar-refractivity contribution in [3.8, 4) is 0 Å². The maximum absolute atomic E-state index is 14.9. The van der Waals surface area contributed by atoms with Crippen molar-refractivity contribution in [1.82, 2.24) is 16.0 Å². The van der Waals surface area contributed by atoms with Crippen LogP contribution < -0.4 is 16.0 Å². The van der Waals surface area contributed by atoms with Crippen molar-refractivity contribution in [1.29, 1.82) is 0 Å². The normalized spacial score (nSPS) is 23.2. The summed E-state index contributed by atoms with van der Waals surface area (Å²) in [4.78, 5) is 51.0. The number of hydrogen-bond donors (Lipinski definition) is 4. The second kappa shape index (κ2) is 32.3. The van der Waals surface area contributed by atoms with Crippen LogP contribution in [0.2, 0.25) is 0 Å². The fraction of sp³-hybridized carbons (Fsp3) is 0.381. The summed E-state index contributed by atoms with van der Waals surface area (Å²) in [5.74, 6) is -0.839. The van der Waals surface area contributed by atoms with Crippen molar-refractivity contribution in [2.45, 2.75) is 121 Å². The fourth-order valence-electron chi connectivity index (χ4n) is 9.72. The van der Waals surface area contributed by atoms with Gasteiger partial charge in [-0.3, -0.25) is 14.2 Å². The topological polar surface area (TPSA) is 217 Å². The predicted molar refractivity (Wildman–Crippen MR) is 305 cm³/mol. The van der Waals surface area contributed by atoms with E-state index >= 15 is 0 Å². The molecule has 2 heterocycles.